The maximum absolute atomic E-state index is 5.85. The third-order valence-electron chi connectivity index (χ3n) is 3.80. The second kappa shape index (κ2) is 6.15. The number of benzene rings is 3. The summed E-state index contributed by atoms with van der Waals surface area (Å²) in [5, 5.41) is 3.49. The van der Waals surface area contributed by atoms with Gasteiger partial charge in [-0.05, 0) is 23.6 Å². The second-order valence-electron chi connectivity index (χ2n) is 5.25. The molecule has 2 heterocycles. The molecule has 6 heteroatoms. The van der Waals surface area contributed by atoms with E-state index in [0.29, 0.717) is 10.0 Å². The summed E-state index contributed by atoms with van der Waals surface area (Å²) in [6, 6.07) is 16.0. The maximum Gasteiger partial charge on any atom is 0.108 e. The van der Waals surface area contributed by atoms with Crippen LogP contribution in [0.3, 0.4) is 0 Å². The molecule has 3 aromatic carbocycles. The fourth-order valence-corrected chi connectivity index (χ4v) is 2.99. The van der Waals surface area contributed by atoms with E-state index in [0.717, 1.165) is 22.1 Å². The van der Waals surface area contributed by atoms with Gasteiger partial charge < -0.3 is 9.97 Å². The molecule has 2 aromatic heterocycles. The lowest BCUT2D eigenvalue weighted by Crippen LogP contribution is -1.74. The van der Waals surface area contributed by atoms with E-state index in [2.05, 4.69) is 44.2 Å². The summed E-state index contributed by atoms with van der Waals surface area (Å²) in [6.45, 7) is 0. The van der Waals surface area contributed by atoms with E-state index in [4.69, 9.17) is 23.2 Å². The van der Waals surface area contributed by atoms with Gasteiger partial charge >= 0.3 is 0 Å². The summed E-state index contributed by atoms with van der Waals surface area (Å²) in [5.74, 6) is 0. The van der Waals surface area contributed by atoms with E-state index in [1.54, 1.807) is 18.7 Å². The first-order valence-corrected chi connectivity index (χ1v) is 8.07. The summed E-state index contributed by atoms with van der Waals surface area (Å²) in [7, 11) is 0. The molecule has 5 rings (SSSR count). The van der Waals surface area contributed by atoms with Crippen LogP contribution in [0.4, 0.5) is 0 Å². The molecule has 0 saturated carbocycles. The highest BCUT2D eigenvalue weighted by Crippen LogP contribution is 2.28. The van der Waals surface area contributed by atoms with E-state index in [-0.39, 0.29) is 0 Å². The van der Waals surface area contributed by atoms with Gasteiger partial charge in [0, 0.05) is 5.39 Å². The number of aromatic nitrogens is 4. The van der Waals surface area contributed by atoms with Crippen LogP contribution in [0.5, 0.6) is 0 Å². The van der Waals surface area contributed by atoms with Crippen LogP contribution in [0.2, 0.25) is 10.0 Å². The van der Waals surface area contributed by atoms with Crippen LogP contribution in [0.15, 0.2) is 61.2 Å². The molecule has 0 aliphatic carbocycles. The normalized spacial score (nSPS) is 10.9. The standard InChI is InChI=1S/C11H8N2.C7H4Cl2N2/c1-2-4-9-8(3-1)5-6-10-11(9)13-7-12-10;8-4-1-2-5-7(6(4)9)11-3-10-5/h1-7H,(H,12,13);1-3H,(H,10,11). The molecular weight excluding hydrogens is 343 g/mol. The van der Waals surface area contributed by atoms with Crippen LogP contribution in [0, 0.1) is 0 Å². The Morgan fingerprint density at radius 1 is 0.708 bits per heavy atom. The molecule has 0 unspecified atom stereocenters. The van der Waals surface area contributed by atoms with Crippen molar-refractivity contribution in [2.75, 3.05) is 0 Å². The molecular formula is C18H12Cl2N4. The minimum atomic E-state index is 0.505. The first-order valence-electron chi connectivity index (χ1n) is 7.32. The number of halogens is 2. The molecule has 0 fully saturated rings. The Morgan fingerprint density at radius 3 is 2.21 bits per heavy atom. The van der Waals surface area contributed by atoms with Gasteiger partial charge in [-0.15, -0.1) is 0 Å². The molecule has 0 amide bonds. The second-order valence-corrected chi connectivity index (χ2v) is 6.03. The Morgan fingerprint density at radius 2 is 1.38 bits per heavy atom. The van der Waals surface area contributed by atoms with E-state index in [1.165, 1.54) is 10.8 Å². The van der Waals surface area contributed by atoms with Crippen molar-refractivity contribution in [2.24, 2.45) is 0 Å². The molecule has 5 aromatic rings. The third-order valence-corrected chi connectivity index (χ3v) is 4.59. The van der Waals surface area contributed by atoms with Crippen LogP contribution in [0.25, 0.3) is 32.8 Å². The fraction of sp³-hybridized carbons (Fsp3) is 0. The zero-order valence-corrected chi connectivity index (χ0v) is 13.9. The number of imidazole rings is 2. The highest BCUT2D eigenvalue weighted by molar-refractivity contribution is 6.44. The summed E-state index contributed by atoms with van der Waals surface area (Å²) in [6.07, 6.45) is 3.32. The van der Waals surface area contributed by atoms with Crippen molar-refractivity contribution in [1.29, 1.82) is 0 Å². The Bertz CT molecular complexity index is 1140. The van der Waals surface area contributed by atoms with E-state index < -0.39 is 0 Å². The highest BCUT2D eigenvalue weighted by Gasteiger charge is 2.04. The van der Waals surface area contributed by atoms with Crippen molar-refractivity contribution >= 4 is 56.0 Å². The third kappa shape index (κ3) is 2.60. The van der Waals surface area contributed by atoms with Gasteiger partial charge in [0.25, 0.3) is 0 Å². The van der Waals surface area contributed by atoms with Gasteiger partial charge in [-0.25, -0.2) is 9.97 Å². The van der Waals surface area contributed by atoms with Crippen LogP contribution in [-0.4, -0.2) is 19.9 Å². The number of hydrogen-bond acceptors (Lipinski definition) is 2. The Labute approximate surface area is 147 Å². The largest absolute Gasteiger partial charge is 0.345 e. The summed E-state index contributed by atoms with van der Waals surface area (Å²) < 4.78 is 0. The van der Waals surface area contributed by atoms with E-state index >= 15 is 0 Å². The fourth-order valence-electron chi connectivity index (χ4n) is 2.63. The van der Waals surface area contributed by atoms with Gasteiger partial charge in [0.1, 0.15) is 5.52 Å². The van der Waals surface area contributed by atoms with Crippen molar-refractivity contribution in [1.82, 2.24) is 19.9 Å². The number of hydrogen-bond donors (Lipinski definition) is 2. The summed E-state index contributed by atoms with van der Waals surface area (Å²) in [4.78, 5) is 14.3. The van der Waals surface area contributed by atoms with Crippen LogP contribution in [-0.2, 0) is 0 Å². The average Bonchev–Trinajstić information content (AvgIpc) is 3.28. The lowest BCUT2D eigenvalue weighted by molar-refractivity contribution is 1.34. The molecule has 0 aliphatic heterocycles. The summed E-state index contributed by atoms with van der Waals surface area (Å²) >= 11 is 11.6. The van der Waals surface area contributed by atoms with Crippen molar-refractivity contribution in [3.63, 3.8) is 0 Å². The van der Waals surface area contributed by atoms with Crippen LogP contribution in [0.1, 0.15) is 0 Å². The van der Waals surface area contributed by atoms with E-state index in [9.17, 15) is 0 Å². The zero-order valence-electron chi connectivity index (χ0n) is 12.4. The molecule has 118 valence electrons. The van der Waals surface area contributed by atoms with Gasteiger partial charge in [0.2, 0.25) is 0 Å². The average molecular weight is 355 g/mol. The predicted molar refractivity (Wildman–Crippen MR) is 99.7 cm³/mol. The van der Waals surface area contributed by atoms with Crippen molar-refractivity contribution < 1.29 is 0 Å². The van der Waals surface area contributed by atoms with Gasteiger partial charge in [0.15, 0.2) is 0 Å². The Hall–Kier alpha value is -2.56. The van der Waals surface area contributed by atoms with Crippen LogP contribution < -0.4 is 0 Å². The lowest BCUT2D eigenvalue weighted by atomic mass is 10.1. The monoisotopic (exact) mass is 354 g/mol. The number of nitrogens with one attached hydrogen (secondary N) is 2. The van der Waals surface area contributed by atoms with Gasteiger partial charge in [-0.2, -0.15) is 0 Å². The smallest absolute Gasteiger partial charge is 0.108 e. The molecule has 24 heavy (non-hydrogen) atoms. The molecule has 0 atom stereocenters. The molecule has 0 bridgehead atoms. The quantitative estimate of drug-likeness (QED) is 0.381. The number of fused-ring (bicyclic) bond motifs is 4. The molecule has 0 saturated heterocycles. The lowest BCUT2D eigenvalue weighted by Gasteiger charge is -1.96. The number of rotatable bonds is 0. The first kappa shape index (κ1) is 15.0. The molecule has 2 N–H and O–H groups in total. The van der Waals surface area contributed by atoms with Crippen molar-refractivity contribution in [2.45, 2.75) is 0 Å². The SMILES string of the molecule is Clc1ccc2[nH]cnc2c1Cl.c1ccc2c(c1)ccc1[nH]cnc12. The molecule has 0 aliphatic rings. The van der Waals surface area contributed by atoms with Crippen molar-refractivity contribution in [3.05, 3.63) is 71.2 Å². The first-order chi connectivity index (χ1) is 11.7. The van der Waals surface area contributed by atoms with Gasteiger partial charge in [0.05, 0.1) is 39.3 Å². The minimum Gasteiger partial charge on any atom is -0.345 e. The van der Waals surface area contributed by atoms with Crippen molar-refractivity contribution in [3.8, 4) is 0 Å². The zero-order chi connectivity index (χ0) is 16.5. The van der Waals surface area contributed by atoms with Crippen LogP contribution >= 0.6 is 23.2 Å². The van der Waals surface area contributed by atoms with Gasteiger partial charge in [-0.3, -0.25) is 0 Å². The van der Waals surface area contributed by atoms with Gasteiger partial charge in [-0.1, -0.05) is 53.5 Å². The Kier molecular flexibility index (Phi) is 3.84. The topological polar surface area (TPSA) is 57.4 Å². The highest BCUT2D eigenvalue weighted by atomic mass is 35.5. The minimum absolute atomic E-state index is 0.505. The maximum atomic E-state index is 5.85. The predicted octanol–water partition coefficient (Wildman–Crippen LogP) is 5.59. The number of H-pyrrole nitrogens is 2. The molecule has 0 radical (unpaired) electrons. The number of aromatic amines is 2. The van der Waals surface area contributed by atoms with E-state index in [1.807, 2.05) is 18.2 Å². The summed E-state index contributed by atoms with van der Waals surface area (Å²) in [5.41, 5.74) is 3.77. The Balaban J connectivity index is 0.000000123. The number of nitrogens with zero attached hydrogens (tertiary/aromatic N) is 2. The molecule has 0 spiro atoms. The molecule has 4 nitrogen and oxygen atoms in total.